The maximum Gasteiger partial charge on any atom is 0.238 e. The Morgan fingerprint density at radius 2 is 2.05 bits per heavy atom. The molecule has 0 fully saturated rings. The summed E-state index contributed by atoms with van der Waals surface area (Å²) in [5.41, 5.74) is 1.76. The Balaban J connectivity index is 1.82. The van der Waals surface area contributed by atoms with Crippen molar-refractivity contribution < 1.29 is 4.79 Å². The Hall–Kier alpha value is -1.36. The second-order valence-corrected chi connectivity index (χ2v) is 6.43. The number of aryl methyl sites for hydroxylation is 2. The maximum absolute atomic E-state index is 11.9. The molecule has 2 rings (SSSR count). The number of halogens is 1. The molecule has 0 aliphatic rings. The molecule has 3 nitrogen and oxygen atoms in total. The number of hydrogen-bond acceptors (Lipinski definition) is 3. The highest BCUT2D eigenvalue weighted by Crippen LogP contribution is 2.20. The third kappa shape index (κ3) is 4.34. The number of nitrogens with one attached hydrogen (secondary N) is 2. The Labute approximate surface area is 128 Å². The lowest BCUT2D eigenvalue weighted by Gasteiger charge is -2.09. The molecule has 0 spiro atoms. The molecule has 2 aromatic rings. The molecule has 0 atom stereocenters. The van der Waals surface area contributed by atoms with Gasteiger partial charge in [0, 0.05) is 27.0 Å². The van der Waals surface area contributed by atoms with Gasteiger partial charge in [-0.25, -0.2) is 0 Å². The standard InChI is InChI=1S/C15H17ClN2OS/c1-10-3-5-12(16)7-14(10)18-15(19)9-17-8-13-6-4-11(2)20-13/h3-7,17H,8-9H2,1-2H3,(H,18,19). The molecule has 2 N–H and O–H groups in total. The number of hydrogen-bond donors (Lipinski definition) is 2. The molecule has 0 aliphatic carbocycles. The highest BCUT2D eigenvalue weighted by molar-refractivity contribution is 7.11. The third-order valence-corrected chi connectivity index (χ3v) is 4.09. The summed E-state index contributed by atoms with van der Waals surface area (Å²) in [5.74, 6) is -0.0661. The van der Waals surface area contributed by atoms with Crippen LogP contribution in [-0.2, 0) is 11.3 Å². The van der Waals surface area contributed by atoms with Gasteiger partial charge in [0.15, 0.2) is 0 Å². The van der Waals surface area contributed by atoms with Crippen LogP contribution in [0.4, 0.5) is 5.69 Å². The Bertz CT molecular complexity index is 610. The Morgan fingerprint density at radius 1 is 1.25 bits per heavy atom. The molecule has 0 saturated heterocycles. The molecular formula is C15H17ClN2OS. The minimum atomic E-state index is -0.0661. The van der Waals surface area contributed by atoms with Crippen LogP contribution in [-0.4, -0.2) is 12.5 Å². The van der Waals surface area contributed by atoms with Crippen molar-refractivity contribution in [3.63, 3.8) is 0 Å². The van der Waals surface area contributed by atoms with Gasteiger partial charge < -0.3 is 10.6 Å². The average molecular weight is 309 g/mol. The smallest absolute Gasteiger partial charge is 0.238 e. The molecule has 106 valence electrons. The van der Waals surface area contributed by atoms with Crippen LogP contribution in [0.5, 0.6) is 0 Å². The second-order valence-electron chi connectivity index (χ2n) is 4.62. The van der Waals surface area contributed by atoms with E-state index in [9.17, 15) is 4.79 Å². The van der Waals surface area contributed by atoms with Crippen molar-refractivity contribution in [2.75, 3.05) is 11.9 Å². The number of thiophene rings is 1. The summed E-state index contributed by atoms with van der Waals surface area (Å²) < 4.78 is 0. The first-order chi connectivity index (χ1) is 9.54. The van der Waals surface area contributed by atoms with E-state index in [0.717, 1.165) is 11.3 Å². The summed E-state index contributed by atoms with van der Waals surface area (Å²) in [6.07, 6.45) is 0. The van der Waals surface area contributed by atoms with Gasteiger partial charge in [0.25, 0.3) is 0 Å². The molecule has 0 bridgehead atoms. The van der Waals surface area contributed by atoms with Gasteiger partial charge in [-0.15, -0.1) is 11.3 Å². The zero-order valence-corrected chi connectivity index (χ0v) is 13.1. The van der Waals surface area contributed by atoms with Gasteiger partial charge in [0.2, 0.25) is 5.91 Å². The van der Waals surface area contributed by atoms with E-state index in [-0.39, 0.29) is 12.5 Å². The van der Waals surface area contributed by atoms with Crippen molar-refractivity contribution in [2.45, 2.75) is 20.4 Å². The molecule has 1 amide bonds. The van der Waals surface area contributed by atoms with Crippen molar-refractivity contribution in [3.05, 3.63) is 50.7 Å². The molecule has 0 aliphatic heterocycles. The molecule has 5 heteroatoms. The van der Waals surface area contributed by atoms with Gasteiger partial charge in [-0.2, -0.15) is 0 Å². The number of anilines is 1. The van der Waals surface area contributed by atoms with Gasteiger partial charge in [0.1, 0.15) is 0 Å². The fraction of sp³-hybridized carbons (Fsp3) is 0.267. The summed E-state index contributed by atoms with van der Waals surface area (Å²) in [5, 5.41) is 6.61. The molecule has 1 aromatic heterocycles. The monoisotopic (exact) mass is 308 g/mol. The van der Waals surface area contributed by atoms with E-state index in [0.29, 0.717) is 11.6 Å². The van der Waals surface area contributed by atoms with Gasteiger partial charge in [-0.05, 0) is 43.7 Å². The van der Waals surface area contributed by atoms with Crippen LogP contribution in [0.25, 0.3) is 0 Å². The van der Waals surface area contributed by atoms with E-state index in [2.05, 4.69) is 29.7 Å². The second kappa shape index (κ2) is 6.88. The zero-order chi connectivity index (χ0) is 14.5. The predicted octanol–water partition coefficient (Wildman–Crippen LogP) is 3.75. The van der Waals surface area contributed by atoms with Gasteiger partial charge >= 0.3 is 0 Å². The van der Waals surface area contributed by atoms with Crippen LogP contribution >= 0.6 is 22.9 Å². The van der Waals surface area contributed by atoms with Gasteiger partial charge in [-0.1, -0.05) is 17.7 Å². The predicted molar refractivity (Wildman–Crippen MR) is 85.6 cm³/mol. The average Bonchev–Trinajstić information content (AvgIpc) is 2.80. The normalized spacial score (nSPS) is 10.6. The Kier molecular flexibility index (Phi) is 5.17. The quantitative estimate of drug-likeness (QED) is 0.883. The SMILES string of the molecule is Cc1ccc(CNCC(=O)Nc2cc(Cl)ccc2C)s1. The summed E-state index contributed by atoms with van der Waals surface area (Å²) in [7, 11) is 0. The molecule has 0 unspecified atom stereocenters. The minimum Gasteiger partial charge on any atom is -0.325 e. The highest BCUT2D eigenvalue weighted by Gasteiger charge is 2.05. The summed E-state index contributed by atoms with van der Waals surface area (Å²) >= 11 is 7.66. The van der Waals surface area contributed by atoms with Gasteiger partial charge in [-0.3, -0.25) is 4.79 Å². The van der Waals surface area contributed by atoms with Crippen molar-refractivity contribution >= 4 is 34.5 Å². The number of carbonyl (C=O) groups excluding carboxylic acids is 1. The first-order valence-corrected chi connectivity index (χ1v) is 7.56. The van der Waals surface area contributed by atoms with E-state index in [4.69, 9.17) is 11.6 Å². The molecular weight excluding hydrogens is 292 g/mol. The Morgan fingerprint density at radius 3 is 2.75 bits per heavy atom. The van der Waals surface area contributed by atoms with Crippen molar-refractivity contribution in [1.29, 1.82) is 0 Å². The van der Waals surface area contributed by atoms with E-state index >= 15 is 0 Å². The van der Waals surface area contributed by atoms with Crippen molar-refractivity contribution in [2.24, 2.45) is 0 Å². The molecule has 20 heavy (non-hydrogen) atoms. The first kappa shape index (κ1) is 15.0. The molecule has 1 aromatic carbocycles. The van der Waals surface area contributed by atoms with Gasteiger partial charge in [0.05, 0.1) is 6.54 Å². The lowest BCUT2D eigenvalue weighted by atomic mass is 10.2. The fourth-order valence-electron chi connectivity index (χ4n) is 1.80. The van der Waals surface area contributed by atoms with Crippen LogP contribution in [0.15, 0.2) is 30.3 Å². The third-order valence-electron chi connectivity index (χ3n) is 2.85. The minimum absolute atomic E-state index is 0.0661. The van der Waals surface area contributed by atoms with E-state index in [1.54, 1.807) is 17.4 Å². The number of carbonyl (C=O) groups is 1. The summed E-state index contributed by atoms with van der Waals surface area (Å²) in [6.45, 7) is 5.00. The van der Waals surface area contributed by atoms with E-state index < -0.39 is 0 Å². The van der Waals surface area contributed by atoms with Crippen molar-refractivity contribution in [3.8, 4) is 0 Å². The topological polar surface area (TPSA) is 41.1 Å². The summed E-state index contributed by atoms with van der Waals surface area (Å²) in [4.78, 5) is 14.4. The number of benzene rings is 1. The first-order valence-electron chi connectivity index (χ1n) is 6.36. The number of amides is 1. The highest BCUT2D eigenvalue weighted by atomic mass is 35.5. The van der Waals surface area contributed by atoms with Crippen LogP contribution in [0.2, 0.25) is 5.02 Å². The van der Waals surface area contributed by atoms with Crippen molar-refractivity contribution in [1.82, 2.24) is 5.32 Å². The van der Waals surface area contributed by atoms with Crippen LogP contribution in [0.3, 0.4) is 0 Å². The molecule has 1 heterocycles. The maximum atomic E-state index is 11.9. The van der Waals surface area contributed by atoms with Crippen LogP contribution < -0.4 is 10.6 Å². The van der Waals surface area contributed by atoms with Crippen LogP contribution in [0, 0.1) is 13.8 Å². The zero-order valence-electron chi connectivity index (χ0n) is 11.5. The lowest BCUT2D eigenvalue weighted by Crippen LogP contribution is -2.27. The fourth-order valence-corrected chi connectivity index (χ4v) is 2.83. The van der Waals surface area contributed by atoms with E-state index in [1.165, 1.54) is 9.75 Å². The lowest BCUT2D eigenvalue weighted by molar-refractivity contribution is -0.115. The molecule has 0 saturated carbocycles. The number of rotatable bonds is 5. The molecule has 0 radical (unpaired) electrons. The van der Waals surface area contributed by atoms with E-state index in [1.807, 2.05) is 19.1 Å². The summed E-state index contributed by atoms with van der Waals surface area (Å²) in [6, 6.07) is 9.62. The van der Waals surface area contributed by atoms with Crippen LogP contribution in [0.1, 0.15) is 15.3 Å². The largest absolute Gasteiger partial charge is 0.325 e.